The molecule has 0 spiro atoms. The molecule has 0 atom stereocenters. The van der Waals surface area contributed by atoms with Crippen LogP contribution >= 0.6 is 0 Å². The van der Waals surface area contributed by atoms with E-state index >= 15 is 0 Å². The van der Waals surface area contributed by atoms with Crippen LogP contribution in [0.2, 0.25) is 0 Å². The van der Waals surface area contributed by atoms with Gasteiger partial charge in [-0.15, -0.1) is 42.0 Å². The molecule has 0 amide bonds. The number of hydrogen-bond donors (Lipinski definition) is 0. The first kappa shape index (κ1) is 30.0. The van der Waals surface area contributed by atoms with E-state index in [0.29, 0.717) is 22.0 Å². The van der Waals surface area contributed by atoms with E-state index in [2.05, 4.69) is 53.3 Å². The van der Waals surface area contributed by atoms with Gasteiger partial charge in [0.15, 0.2) is 0 Å². The molecule has 0 aliphatic rings. The van der Waals surface area contributed by atoms with Gasteiger partial charge in [0, 0.05) is 66.0 Å². The van der Waals surface area contributed by atoms with Crippen molar-refractivity contribution < 1.29 is 35.5 Å². The molecule has 0 fully saturated rings. The van der Waals surface area contributed by atoms with Gasteiger partial charge in [-0.1, -0.05) is 136 Å². The Morgan fingerprint density at radius 2 is 1.46 bits per heavy atom. The number of halogens is 1. The molecule has 0 saturated carbocycles. The fraction of sp³-hybridized carbons (Fsp3) is 0.216. The molecule has 9 rings (SSSR count). The van der Waals surface area contributed by atoms with Gasteiger partial charge >= 0.3 is 0 Å². The molecule has 5 heteroatoms. The summed E-state index contributed by atoms with van der Waals surface area (Å²) in [5.41, 5.74) is 7.21. The van der Waals surface area contributed by atoms with Crippen LogP contribution in [0.3, 0.4) is 0 Å². The maximum atomic E-state index is 12.8. The Bertz CT molecular complexity index is 3130. The Balaban J connectivity index is 0.000000286. The number of rotatable bonds is 4. The predicted octanol–water partition coefficient (Wildman–Crippen LogP) is 13.6. The Hall–Kier alpha value is -5.22. The zero-order valence-corrected chi connectivity index (χ0v) is 34.5. The van der Waals surface area contributed by atoms with Gasteiger partial charge in [-0.05, 0) is 93.0 Å². The van der Waals surface area contributed by atoms with Crippen molar-refractivity contribution >= 4 is 38.1 Å². The SMILES string of the molecule is CC(C)(C)c1ccc(-c2[c-]cc(F)cc2)nc1.[2H]C([2H])([2H])c1cnc(-c2[c-]c3c4ccccc4n4c5cc(-c6ccccc6)cc(C([2H])([2H])[2H])c5c(c2)c34)cc1C([2H])([2H])C(C)(C)C.[Ir]. The maximum Gasteiger partial charge on any atom is 0.0459 e. The number of benzene rings is 5. The van der Waals surface area contributed by atoms with Crippen molar-refractivity contribution in [3.8, 4) is 33.6 Å². The number of aromatic nitrogens is 3. The Morgan fingerprint density at radius 3 is 2.14 bits per heavy atom. The van der Waals surface area contributed by atoms with E-state index in [1.165, 1.54) is 30.0 Å². The second kappa shape index (κ2) is 15.0. The molecule has 0 aliphatic carbocycles. The number of nitrogens with zero attached hydrogens (tertiary/aromatic N) is 3. The van der Waals surface area contributed by atoms with E-state index in [1.807, 2.05) is 79.0 Å². The van der Waals surface area contributed by atoms with Gasteiger partial charge in [0.05, 0.1) is 0 Å². The fourth-order valence-corrected chi connectivity index (χ4v) is 7.14. The average Bonchev–Trinajstić information content (AvgIpc) is 3.74. The van der Waals surface area contributed by atoms with Gasteiger partial charge < -0.3 is 9.38 Å². The van der Waals surface area contributed by atoms with Crippen molar-refractivity contribution in [1.82, 2.24) is 14.4 Å². The molecule has 0 aliphatic heterocycles. The first-order valence-electron chi connectivity index (χ1n) is 22.3. The first-order valence-corrected chi connectivity index (χ1v) is 18.3. The molecule has 9 aromatic rings. The van der Waals surface area contributed by atoms with Gasteiger partial charge in [-0.25, -0.2) is 0 Å². The minimum atomic E-state index is -2.57. The van der Waals surface area contributed by atoms with Crippen LogP contribution in [0.15, 0.2) is 122 Å². The van der Waals surface area contributed by atoms with Crippen molar-refractivity contribution in [3.05, 3.63) is 162 Å². The van der Waals surface area contributed by atoms with E-state index in [0.717, 1.165) is 49.7 Å². The molecule has 0 unspecified atom stereocenters. The van der Waals surface area contributed by atoms with Gasteiger partial charge in [-0.2, -0.15) is 0 Å². The minimum Gasteiger partial charge on any atom is -0.348 e. The van der Waals surface area contributed by atoms with Crippen LogP contribution in [-0.2, 0) is 31.9 Å². The van der Waals surface area contributed by atoms with Crippen molar-refractivity contribution in [2.24, 2.45) is 5.41 Å². The topological polar surface area (TPSA) is 30.2 Å². The van der Waals surface area contributed by atoms with Crippen LogP contribution in [-0.4, -0.2) is 14.4 Å². The maximum absolute atomic E-state index is 12.8. The van der Waals surface area contributed by atoms with Gasteiger partial charge in [0.1, 0.15) is 0 Å². The van der Waals surface area contributed by atoms with E-state index in [4.69, 9.17) is 11.0 Å². The quantitative estimate of drug-likeness (QED) is 0.165. The Kier molecular flexibility index (Phi) is 8.05. The Labute approximate surface area is 354 Å². The van der Waals surface area contributed by atoms with Gasteiger partial charge in [0.2, 0.25) is 0 Å². The van der Waals surface area contributed by atoms with Crippen LogP contribution in [0.25, 0.3) is 71.7 Å². The molecule has 3 nitrogen and oxygen atoms in total. The molecule has 1 radical (unpaired) electrons. The predicted molar refractivity (Wildman–Crippen MR) is 228 cm³/mol. The average molecular weight is 920 g/mol. The van der Waals surface area contributed by atoms with E-state index in [-0.39, 0.29) is 48.0 Å². The van der Waals surface area contributed by atoms with Gasteiger partial charge in [-0.3, -0.25) is 9.37 Å². The number of para-hydroxylation sites is 1. The number of hydrogen-bond acceptors (Lipinski definition) is 2. The summed E-state index contributed by atoms with van der Waals surface area (Å²) in [4.78, 5) is 8.93. The monoisotopic (exact) mass is 920 g/mol. The second-order valence-electron chi connectivity index (χ2n) is 16.0. The molecule has 5 aromatic carbocycles. The van der Waals surface area contributed by atoms with Crippen LogP contribution in [0, 0.1) is 37.1 Å². The van der Waals surface area contributed by atoms with E-state index in [9.17, 15) is 4.39 Å². The fourth-order valence-electron chi connectivity index (χ4n) is 7.14. The number of aryl methyl sites for hydroxylation is 2. The molecule has 283 valence electrons. The largest absolute Gasteiger partial charge is 0.348 e. The Morgan fingerprint density at radius 1 is 0.714 bits per heavy atom. The zero-order valence-electron chi connectivity index (χ0n) is 40.1. The molecular formula is C51H46FIrN3-2. The van der Waals surface area contributed by atoms with Crippen LogP contribution < -0.4 is 0 Å². The normalized spacial score (nSPS) is 14.8. The van der Waals surface area contributed by atoms with Crippen molar-refractivity contribution in [2.75, 3.05) is 0 Å². The number of pyridine rings is 2. The summed E-state index contributed by atoms with van der Waals surface area (Å²) in [5, 5.41) is 3.02. The van der Waals surface area contributed by atoms with E-state index in [1.54, 1.807) is 32.9 Å². The second-order valence-corrected chi connectivity index (χ2v) is 16.0. The minimum absolute atomic E-state index is 0. The summed E-state index contributed by atoms with van der Waals surface area (Å²) in [5.74, 6) is -0.278. The summed E-state index contributed by atoms with van der Waals surface area (Å²) in [7, 11) is 0. The van der Waals surface area contributed by atoms with Crippen molar-refractivity contribution in [3.63, 3.8) is 0 Å². The van der Waals surface area contributed by atoms with Crippen LogP contribution in [0.4, 0.5) is 4.39 Å². The van der Waals surface area contributed by atoms with Crippen molar-refractivity contribution in [1.29, 1.82) is 0 Å². The van der Waals surface area contributed by atoms with E-state index < -0.39 is 25.5 Å². The summed E-state index contributed by atoms with van der Waals surface area (Å²) < 4.78 is 83.0. The third-order valence-electron chi connectivity index (χ3n) is 9.78. The zero-order chi connectivity index (χ0) is 45.4. The van der Waals surface area contributed by atoms with Crippen LogP contribution in [0.5, 0.6) is 0 Å². The first-order chi connectivity index (χ1) is 29.4. The number of fused-ring (bicyclic) bond motifs is 6. The third kappa shape index (κ3) is 7.51. The summed E-state index contributed by atoms with van der Waals surface area (Å²) >= 11 is 0. The molecule has 4 heterocycles. The summed E-state index contributed by atoms with van der Waals surface area (Å²) in [6, 6.07) is 39.6. The third-order valence-corrected chi connectivity index (χ3v) is 9.78. The molecule has 4 aromatic heterocycles. The summed E-state index contributed by atoms with van der Waals surface area (Å²) in [6.45, 7) is 6.66. The standard InChI is InChI=1S/C36H31N2.C15H15FN.Ir/c1-22-15-25(24-11-7-6-8-12-24)19-33-34(22)30-17-26(31-18-27(20-36(3,4)5)23(2)21-37-31)16-29-28-13-9-10-14-32(28)38(33)35(29)30;1-15(2,3)12-6-9-14(17-10-12)11-4-7-13(16)8-5-11;/h6-15,17-19,21H,20H2,1-5H3;4,6-10H,1-3H3;/q2*-1;/i1D3,2D3,20D2;;. The van der Waals surface area contributed by atoms with Crippen molar-refractivity contribution in [2.45, 2.75) is 67.0 Å². The van der Waals surface area contributed by atoms with Crippen LogP contribution in [0.1, 0.15) is 74.8 Å². The molecule has 0 bridgehead atoms. The molecule has 0 saturated heterocycles. The molecule has 56 heavy (non-hydrogen) atoms. The molecule has 0 N–H and O–H groups in total. The van der Waals surface area contributed by atoms with Gasteiger partial charge in [0.25, 0.3) is 0 Å². The smallest absolute Gasteiger partial charge is 0.0459 e. The summed E-state index contributed by atoms with van der Waals surface area (Å²) in [6.07, 6.45) is 1.11. The molecular weight excluding hydrogens is 866 g/mol.